The van der Waals surface area contributed by atoms with E-state index < -0.39 is 11.0 Å². The van der Waals surface area contributed by atoms with Crippen molar-refractivity contribution in [3.63, 3.8) is 0 Å². The normalized spacial score (nSPS) is 24.2. The Balaban J connectivity index is 2.78. The fourth-order valence-electron chi connectivity index (χ4n) is 2.49. The summed E-state index contributed by atoms with van der Waals surface area (Å²) in [5.74, 6) is -0.0338. The number of amides is 2. The predicted octanol–water partition coefficient (Wildman–Crippen LogP) is 0.489. The van der Waals surface area contributed by atoms with E-state index in [1.54, 1.807) is 11.9 Å². The molecule has 0 spiro atoms. The van der Waals surface area contributed by atoms with Gasteiger partial charge in [0.15, 0.2) is 0 Å². The monoisotopic (exact) mass is 255 g/mol. The van der Waals surface area contributed by atoms with Crippen LogP contribution in [0.1, 0.15) is 40.0 Å². The van der Waals surface area contributed by atoms with Gasteiger partial charge in [-0.1, -0.05) is 13.8 Å². The van der Waals surface area contributed by atoms with Crippen LogP contribution in [0.4, 0.5) is 0 Å². The molecule has 1 fully saturated rings. The van der Waals surface area contributed by atoms with Crippen molar-refractivity contribution in [1.29, 1.82) is 0 Å². The van der Waals surface area contributed by atoms with Crippen LogP contribution in [-0.2, 0) is 9.59 Å². The number of nitrogens with zero attached hydrogens (tertiary/aromatic N) is 1. The van der Waals surface area contributed by atoms with Crippen molar-refractivity contribution in [3.05, 3.63) is 0 Å². The molecule has 0 bridgehead atoms. The number of carbonyl (C=O) groups is 2. The molecule has 0 aromatic rings. The first-order valence-electron chi connectivity index (χ1n) is 6.63. The van der Waals surface area contributed by atoms with Gasteiger partial charge < -0.3 is 16.0 Å². The Morgan fingerprint density at radius 1 is 1.39 bits per heavy atom. The first kappa shape index (κ1) is 15.0. The topological polar surface area (TPSA) is 75.4 Å². The molecule has 1 rings (SSSR count). The van der Waals surface area contributed by atoms with Crippen molar-refractivity contribution in [2.75, 3.05) is 20.1 Å². The Bertz CT molecular complexity index is 339. The van der Waals surface area contributed by atoms with Crippen molar-refractivity contribution in [2.45, 2.75) is 45.6 Å². The number of carbonyl (C=O) groups excluding carboxylic acids is 2. The van der Waals surface area contributed by atoms with Crippen molar-refractivity contribution < 1.29 is 9.59 Å². The van der Waals surface area contributed by atoms with Gasteiger partial charge in [0.05, 0.1) is 11.0 Å². The molecule has 18 heavy (non-hydrogen) atoms. The number of hydrogen-bond acceptors (Lipinski definition) is 3. The van der Waals surface area contributed by atoms with Gasteiger partial charge in [0, 0.05) is 20.1 Å². The predicted molar refractivity (Wildman–Crippen MR) is 70.9 cm³/mol. The molecule has 5 heteroatoms. The molecule has 1 aliphatic heterocycles. The third-order valence-electron chi connectivity index (χ3n) is 4.22. The highest BCUT2D eigenvalue weighted by molar-refractivity contribution is 5.88. The van der Waals surface area contributed by atoms with Gasteiger partial charge in [0.25, 0.3) is 0 Å². The Morgan fingerprint density at radius 3 is 2.39 bits per heavy atom. The molecule has 1 atom stereocenters. The second-order valence-corrected chi connectivity index (χ2v) is 5.48. The smallest absolute Gasteiger partial charge is 0.242 e. The lowest BCUT2D eigenvalue weighted by Crippen LogP contribution is -2.54. The molecule has 0 saturated carbocycles. The van der Waals surface area contributed by atoms with E-state index >= 15 is 0 Å². The van der Waals surface area contributed by atoms with Gasteiger partial charge in [-0.3, -0.25) is 9.59 Å². The number of nitrogens with one attached hydrogen (secondary N) is 1. The third kappa shape index (κ3) is 2.51. The highest BCUT2D eigenvalue weighted by atomic mass is 16.2. The zero-order chi connectivity index (χ0) is 14.0. The fraction of sp³-hybridized carbons (Fsp3) is 0.846. The van der Waals surface area contributed by atoms with E-state index in [0.29, 0.717) is 32.4 Å². The summed E-state index contributed by atoms with van der Waals surface area (Å²) in [6, 6.07) is 0. The minimum absolute atomic E-state index is 0.00609. The summed E-state index contributed by atoms with van der Waals surface area (Å²) < 4.78 is 0. The van der Waals surface area contributed by atoms with Crippen LogP contribution in [0.25, 0.3) is 0 Å². The minimum Gasteiger partial charge on any atom is -0.359 e. The largest absolute Gasteiger partial charge is 0.359 e. The lowest BCUT2D eigenvalue weighted by molar-refractivity contribution is -0.137. The number of likely N-dealkylation sites (tertiary alicyclic amines) is 1. The van der Waals surface area contributed by atoms with E-state index in [-0.39, 0.29) is 11.8 Å². The van der Waals surface area contributed by atoms with E-state index in [9.17, 15) is 9.59 Å². The quantitative estimate of drug-likeness (QED) is 0.767. The number of rotatable bonds is 4. The zero-order valence-electron chi connectivity index (χ0n) is 11.9. The van der Waals surface area contributed by atoms with Gasteiger partial charge >= 0.3 is 0 Å². The fourth-order valence-corrected chi connectivity index (χ4v) is 2.49. The molecule has 3 N–H and O–H groups in total. The molecule has 0 aromatic carbocycles. The maximum atomic E-state index is 12.4. The molecule has 0 aliphatic carbocycles. The van der Waals surface area contributed by atoms with Crippen molar-refractivity contribution >= 4 is 11.8 Å². The van der Waals surface area contributed by atoms with Crippen LogP contribution in [0.2, 0.25) is 0 Å². The zero-order valence-corrected chi connectivity index (χ0v) is 11.9. The van der Waals surface area contributed by atoms with Crippen LogP contribution >= 0.6 is 0 Å². The van der Waals surface area contributed by atoms with Gasteiger partial charge in [0.1, 0.15) is 0 Å². The van der Waals surface area contributed by atoms with Crippen LogP contribution in [-0.4, -0.2) is 42.4 Å². The second-order valence-electron chi connectivity index (χ2n) is 5.48. The molecule has 1 aliphatic rings. The van der Waals surface area contributed by atoms with Crippen molar-refractivity contribution in [1.82, 2.24) is 10.2 Å². The van der Waals surface area contributed by atoms with Gasteiger partial charge in [0.2, 0.25) is 11.8 Å². The average Bonchev–Trinajstić information content (AvgIpc) is 2.79. The van der Waals surface area contributed by atoms with Crippen LogP contribution < -0.4 is 11.1 Å². The number of nitrogens with two attached hydrogens (primary N) is 1. The SMILES string of the molecule is CCC(N)(CC)C(=O)N1CCC(C)(C(=O)NC)C1. The summed E-state index contributed by atoms with van der Waals surface area (Å²) in [5.41, 5.74) is 4.86. The van der Waals surface area contributed by atoms with Crippen molar-refractivity contribution in [3.8, 4) is 0 Å². The number of hydrogen-bond donors (Lipinski definition) is 2. The summed E-state index contributed by atoms with van der Waals surface area (Å²) in [4.78, 5) is 25.9. The van der Waals surface area contributed by atoms with E-state index in [1.165, 1.54) is 0 Å². The Hall–Kier alpha value is -1.10. The lowest BCUT2D eigenvalue weighted by atomic mass is 9.88. The first-order valence-corrected chi connectivity index (χ1v) is 6.63. The van der Waals surface area contributed by atoms with E-state index in [0.717, 1.165) is 0 Å². The summed E-state index contributed by atoms with van der Waals surface area (Å²) in [5, 5.41) is 2.67. The molecular formula is C13H25N3O2. The molecule has 2 amide bonds. The Labute approximate surface area is 109 Å². The average molecular weight is 255 g/mol. The van der Waals surface area contributed by atoms with Crippen LogP contribution in [0.15, 0.2) is 0 Å². The third-order valence-corrected chi connectivity index (χ3v) is 4.22. The maximum Gasteiger partial charge on any atom is 0.242 e. The lowest BCUT2D eigenvalue weighted by Gasteiger charge is -2.31. The molecule has 1 unspecified atom stereocenters. The Morgan fingerprint density at radius 2 is 1.94 bits per heavy atom. The molecule has 0 aromatic heterocycles. The molecule has 1 heterocycles. The highest BCUT2D eigenvalue weighted by Gasteiger charge is 2.45. The Kier molecular flexibility index (Phi) is 4.37. The standard InChI is InChI=1S/C13H25N3O2/c1-5-13(14,6-2)11(18)16-8-7-12(3,9-16)10(17)15-4/h5-9,14H2,1-4H3,(H,15,17). The van der Waals surface area contributed by atoms with Gasteiger partial charge in [-0.05, 0) is 26.2 Å². The van der Waals surface area contributed by atoms with Gasteiger partial charge in [-0.15, -0.1) is 0 Å². The van der Waals surface area contributed by atoms with Gasteiger partial charge in [-0.25, -0.2) is 0 Å². The molecule has 0 radical (unpaired) electrons. The van der Waals surface area contributed by atoms with E-state index in [1.807, 2.05) is 20.8 Å². The second kappa shape index (κ2) is 5.26. The summed E-state index contributed by atoms with van der Waals surface area (Å²) in [6.07, 6.45) is 1.94. The summed E-state index contributed by atoms with van der Waals surface area (Å²) in [6.45, 7) is 6.83. The van der Waals surface area contributed by atoms with Crippen LogP contribution in [0.3, 0.4) is 0 Å². The minimum atomic E-state index is -0.784. The molecule has 5 nitrogen and oxygen atoms in total. The van der Waals surface area contributed by atoms with E-state index in [2.05, 4.69) is 5.32 Å². The first-order chi connectivity index (χ1) is 8.33. The summed E-state index contributed by atoms with van der Waals surface area (Å²) in [7, 11) is 1.63. The van der Waals surface area contributed by atoms with Gasteiger partial charge in [-0.2, -0.15) is 0 Å². The maximum absolute atomic E-state index is 12.4. The molecular weight excluding hydrogens is 230 g/mol. The van der Waals surface area contributed by atoms with Crippen LogP contribution in [0, 0.1) is 5.41 Å². The molecule has 104 valence electrons. The van der Waals surface area contributed by atoms with Crippen molar-refractivity contribution in [2.24, 2.45) is 11.1 Å². The highest BCUT2D eigenvalue weighted by Crippen LogP contribution is 2.32. The van der Waals surface area contributed by atoms with E-state index in [4.69, 9.17) is 5.73 Å². The van der Waals surface area contributed by atoms with Crippen LogP contribution in [0.5, 0.6) is 0 Å². The summed E-state index contributed by atoms with van der Waals surface area (Å²) >= 11 is 0. The molecule has 1 saturated heterocycles.